The van der Waals surface area contributed by atoms with E-state index in [1.807, 2.05) is 19.1 Å². The molecule has 1 aliphatic heterocycles. The Bertz CT molecular complexity index is 459. The highest BCUT2D eigenvalue weighted by Crippen LogP contribution is 2.26. The third-order valence-corrected chi connectivity index (χ3v) is 3.66. The number of aryl methyl sites for hydroxylation is 1. The van der Waals surface area contributed by atoms with E-state index >= 15 is 0 Å². The zero-order valence-electron chi connectivity index (χ0n) is 11.4. The van der Waals surface area contributed by atoms with Crippen molar-refractivity contribution in [3.05, 3.63) is 23.4 Å². The summed E-state index contributed by atoms with van der Waals surface area (Å²) in [6, 6.07) is 3.76. The molecule has 0 spiro atoms. The largest absolute Gasteiger partial charge is 0.396 e. The molecule has 0 saturated carbocycles. The van der Waals surface area contributed by atoms with Crippen molar-refractivity contribution >= 4 is 11.7 Å². The molecule has 1 aromatic heterocycles. The van der Waals surface area contributed by atoms with E-state index < -0.39 is 0 Å². The lowest BCUT2D eigenvalue weighted by Gasteiger charge is -2.34. The van der Waals surface area contributed by atoms with Gasteiger partial charge in [-0.3, -0.25) is 5.41 Å². The van der Waals surface area contributed by atoms with E-state index in [4.69, 9.17) is 16.2 Å². The summed E-state index contributed by atoms with van der Waals surface area (Å²) in [5, 5.41) is 16.7. The van der Waals surface area contributed by atoms with Crippen LogP contribution >= 0.6 is 0 Å². The van der Waals surface area contributed by atoms with Crippen LogP contribution in [0.25, 0.3) is 0 Å². The second-order valence-corrected chi connectivity index (χ2v) is 5.20. The normalized spacial score (nSPS) is 19.5. The molecule has 0 aliphatic carbocycles. The fraction of sp³-hybridized carbons (Fsp3) is 0.571. The summed E-state index contributed by atoms with van der Waals surface area (Å²) in [6.07, 6.45) is 3.08. The highest BCUT2D eigenvalue weighted by molar-refractivity contribution is 5.99. The van der Waals surface area contributed by atoms with Crippen molar-refractivity contribution in [2.24, 2.45) is 11.7 Å². The number of nitrogens with two attached hydrogens (primary N) is 1. The number of hydrogen-bond acceptors (Lipinski definition) is 4. The van der Waals surface area contributed by atoms with Gasteiger partial charge in [-0.1, -0.05) is 0 Å². The Labute approximate surface area is 114 Å². The molecule has 5 heteroatoms. The maximum Gasteiger partial charge on any atom is 0.139 e. The first-order valence-electron chi connectivity index (χ1n) is 6.79. The summed E-state index contributed by atoms with van der Waals surface area (Å²) >= 11 is 0. The number of amidine groups is 1. The number of nitrogen functional groups attached to an aromatic ring is 1. The number of aliphatic hydroxyl groups is 1. The van der Waals surface area contributed by atoms with Crippen LogP contribution in [0.5, 0.6) is 0 Å². The van der Waals surface area contributed by atoms with E-state index in [0.717, 1.165) is 43.9 Å². The molecule has 1 atom stereocenters. The van der Waals surface area contributed by atoms with Crippen LogP contribution in [0, 0.1) is 18.3 Å². The Kier molecular flexibility index (Phi) is 4.37. The first kappa shape index (κ1) is 13.8. The lowest BCUT2D eigenvalue weighted by atomic mass is 9.95. The smallest absolute Gasteiger partial charge is 0.139 e. The predicted molar refractivity (Wildman–Crippen MR) is 76.6 cm³/mol. The summed E-state index contributed by atoms with van der Waals surface area (Å²) in [7, 11) is 0. The number of anilines is 1. The highest BCUT2D eigenvalue weighted by atomic mass is 16.3. The fourth-order valence-electron chi connectivity index (χ4n) is 2.67. The van der Waals surface area contributed by atoms with Crippen molar-refractivity contribution < 1.29 is 5.11 Å². The first-order chi connectivity index (χ1) is 9.11. The zero-order chi connectivity index (χ0) is 13.8. The van der Waals surface area contributed by atoms with E-state index in [1.54, 1.807) is 0 Å². The summed E-state index contributed by atoms with van der Waals surface area (Å²) in [6.45, 7) is 4.01. The number of nitrogens with zero attached hydrogens (tertiary/aromatic N) is 2. The average molecular weight is 262 g/mol. The Morgan fingerprint density at radius 2 is 2.37 bits per heavy atom. The molecule has 5 nitrogen and oxygen atoms in total. The number of aromatic nitrogens is 1. The van der Waals surface area contributed by atoms with Gasteiger partial charge in [-0.15, -0.1) is 0 Å². The first-order valence-corrected chi connectivity index (χ1v) is 6.79. The topological polar surface area (TPSA) is 86.2 Å². The van der Waals surface area contributed by atoms with Crippen molar-refractivity contribution in [3.63, 3.8) is 0 Å². The van der Waals surface area contributed by atoms with Gasteiger partial charge < -0.3 is 15.7 Å². The fourth-order valence-corrected chi connectivity index (χ4v) is 2.67. The highest BCUT2D eigenvalue weighted by Gasteiger charge is 2.23. The molecule has 1 aliphatic rings. The summed E-state index contributed by atoms with van der Waals surface area (Å²) in [5.41, 5.74) is 7.28. The quantitative estimate of drug-likeness (QED) is 0.563. The molecule has 0 amide bonds. The maximum absolute atomic E-state index is 9.07. The van der Waals surface area contributed by atoms with Gasteiger partial charge in [0.1, 0.15) is 11.7 Å². The van der Waals surface area contributed by atoms with Gasteiger partial charge in [0.2, 0.25) is 0 Å². The maximum atomic E-state index is 9.07. The molecule has 0 aromatic carbocycles. The van der Waals surface area contributed by atoms with Crippen LogP contribution in [0.3, 0.4) is 0 Å². The Morgan fingerprint density at radius 3 is 3.05 bits per heavy atom. The van der Waals surface area contributed by atoms with Crippen LogP contribution < -0.4 is 10.6 Å². The van der Waals surface area contributed by atoms with E-state index in [1.165, 1.54) is 0 Å². The molecule has 1 saturated heterocycles. The monoisotopic (exact) mass is 262 g/mol. The Morgan fingerprint density at radius 1 is 1.58 bits per heavy atom. The molecular weight excluding hydrogens is 240 g/mol. The molecular formula is C14H22N4O. The van der Waals surface area contributed by atoms with Crippen LogP contribution in [0.2, 0.25) is 0 Å². The minimum atomic E-state index is 0.0618. The minimum absolute atomic E-state index is 0.0618. The van der Waals surface area contributed by atoms with Gasteiger partial charge in [-0.05, 0) is 44.2 Å². The number of hydrogen-bond donors (Lipinski definition) is 3. The van der Waals surface area contributed by atoms with Gasteiger partial charge in [0, 0.05) is 25.4 Å². The van der Waals surface area contributed by atoms with Crippen molar-refractivity contribution in [2.75, 3.05) is 24.6 Å². The molecule has 1 aromatic rings. The van der Waals surface area contributed by atoms with Crippen LogP contribution in [0.15, 0.2) is 12.1 Å². The van der Waals surface area contributed by atoms with Crippen LogP contribution in [-0.2, 0) is 0 Å². The van der Waals surface area contributed by atoms with Gasteiger partial charge in [0.05, 0.1) is 5.56 Å². The Hall–Kier alpha value is -1.62. The van der Waals surface area contributed by atoms with Gasteiger partial charge in [0.15, 0.2) is 0 Å². The molecule has 1 unspecified atom stereocenters. The number of piperidine rings is 1. The van der Waals surface area contributed by atoms with Crippen molar-refractivity contribution in [1.82, 2.24) is 4.98 Å². The SMILES string of the molecule is Cc1ccc(C(=N)N)c(N2CCCC(CCO)C2)n1. The van der Waals surface area contributed by atoms with E-state index in [-0.39, 0.29) is 12.4 Å². The number of aliphatic hydroxyl groups excluding tert-OH is 1. The Balaban J connectivity index is 2.24. The van der Waals surface area contributed by atoms with E-state index in [2.05, 4.69) is 9.88 Å². The van der Waals surface area contributed by atoms with E-state index in [9.17, 15) is 0 Å². The van der Waals surface area contributed by atoms with Gasteiger partial charge in [-0.2, -0.15) is 0 Å². The second kappa shape index (κ2) is 6.02. The van der Waals surface area contributed by atoms with Crippen LogP contribution in [0.1, 0.15) is 30.5 Å². The van der Waals surface area contributed by atoms with Crippen molar-refractivity contribution in [3.8, 4) is 0 Å². The molecule has 2 rings (SSSR count). The van der Waals surface area contributed by atoms with Crippen molar-refractivity contribution in [2.45, 2.75) is 26.2 Å². The van der Waals surface area contributed by atoms with Crippen LogP contribution in [-0.4, -0.2) is 35.6 Å². The zero-order valence-corrected chi connectivity index (χ0v) is 11.4. The molecule has 4 N–H and O–H groups in total. The number of pyridine rings is 1. The predicted octanol–water partition coefficient (Wildman–Crippen LogP) is 1.27. The lowest BCUT2D eigenvalue weighted by Crippen LogP contribution is -2.37. The second-order valence-electron chi connectivity index (χ2n) is 5.20. The molecule has 0 radical (unpaired) electrons. The molecule has 104 valence electrons. The summed E-state index contributed by atoms with van der Waals surface area (Å²) in [4.78, 5) is 6.76. The molecule has 19 heavy (non-hydrogen) atoms. The number of nitrogens with one attached hydrogen (secondary N) is 1. The van der Waals surface area contributed by atoms with Crippen molar-refractivity contribution in [1.29, 1.82) is 5.41 Å². The van der Waals surface area contributed by atoms with Gasteiger partial charge in [-0.25, -0.2) is 4.98 Å². The third-order valence-electron chi connectivity index (χ3n) is 3.66. The van der Waals surface area contributed by atoms with Gasteiger partial charge in [0.25, 0.3) is 0 Å². The minimum Gasteiger partial charge on any atom is -0.396 e. The molecule has 2 heterocycles. The van der Waals surface area contributed by atoms with Crippen LogP contribution in [0.4, 0.5) is 5.82 Å². The summed E-state index contributed by atoms with van der Waals surface area (Å²) < 4.78 is 0. The average Bonchev–Trinajstić information content (AvgIpc) is 2.39. The standard InChI is InChI=1S/C14H22N4O/c1-10-4-5-12(13(15)16)14(17-10)18-7-2-3-11(9-18)6-8-19/h4-5,11,19H,2-3,6-9H2,1H3,(H3,15,16). The van der Waals surface area contributed by atoms with Gasteiger partial charge >= 0.3 is 0 Å². The molecule has 0 bridgehead atoms. The summed E-state index contributed by atoms with van der Waals surface area (Å²) in [5.74, 6) is 1.38. The lowest BCUT2D eigenvalue weighted by molar-refractivity contribution is 0.244. The van der Waals surface area contributed by atoms with E-state index in [0.29, 0.717) is 11.5 Å². The third kappa shape index (κ3) is 3.23. The molecule has 1 fully saturated rings. The number of rotatable bonds is 4.